The van der Waals surface area contributed by atoms with Crippen molar-refractivity contribution < 1.29 is 14.7 Å². The smallest absolute Gasteiger partial charge is 0.317 e. The second-order valence-electron chi connectivity index (χ2n) is 5.84. The van der Waals surface area contributed by atoms with E-state index in [0.717, 1.165) is 12.8 Å². The number of aliphatic carboxylic acids is 1. The van der Waals surface area contributed by atoms with E-state index in [2.05, 4.69) is 11.4 Å². The van der Waals surface area contributed by atoms with Gasteiger partial charge in [-0.3, -0.25) is 4.79 Å². The Morgan fingerprint density at radius 3 is 2.90 bits per heavy atom. The van der Waals surface area contributed by atoms with Gasteiger partial charge in [0.25, 0.3) is 0 Å². The van der Waals surface area contributed by atoms with Crippen molar-refractivity contribution in [2.24, 2.45) is 5.92 Å². The molecule has 2 atom stereocenters. The molecule has 20 heavy (non-hydrogen) atoms. The van der Waals surface area contributed by atoms with Crippen molar-refractivity contribution in [3.63, 3.8) is 0 Å². The first-order valence-electron chi connectivity index (χ1n) is 7.53. The van der Waals surface area contributed by atoms with Crippen molar-refractivity contribution in [3.8, 4) is 0 Å². The molecule has 0 aromatic carbocycles. The normalized spacial score (nSPS) is 26.2. The van der Waals surface area contributed by atoms with Crippen LogP contribution in [-0.4, -0.2) is 41.1 Å². The predicted molar refractivity (Wildman–Crippen MR) is 76.5 cm³/mol. The highest BCUT2D eigenvalue weighted by Gasteiger charge is 2.31. The van der Waals surface area contributed by atoms with Gasteiger partial charge in [0.15, 0.2) is 0 Å². The number of nitrogens with zero attached hydrogens (tertiary/aromatic N) is 1. The van der Waals surface area contributed by atoms with E-state index in [1.807, 2.05) is 6.92 Å². The number of urea groups is 1. The maximum atomic E-state index is 12.1. The Bertz CT molecular complexity index is 406. The summed E-state index contributed by atoms with van der Waals surface area (Å²) < 4.78 is 0. The molecule has 5 nitrogen and oxygen atoms in total. The molecule has 0 radical (unpaired) electrons. The molecule has 5 heteroatoms. The van der Waals surface area contributed by atoms with Crippen LogP contribution in [0, 0.1) is 5.92 Å². The first-order valence-corrected chi connectivity index (χ1v) is 7.53. The third-order valence-corrected chi connectivity index (χ3v) is 4.34. The molecule has 1 saturated heterocycles. The molecule has 2 aliphatic rings. The number of hydrogen-bond acceptors (Lipinski definition) is 2. The monoisotopic (exact) mass is 280 g/mol. The van der Waals surface area contributed by atoms with E-state index in [0.29, 0.717) is 25.9 Å². The fraction of sp³-hybridized carbons (Fsp3) is 0.733. The Labute approximate surface area is 120 Å². The van der Waals surface area contributed by atoms with E-state index in [1.54, 1.807) is 4.90 Å². The Morgan fingerprint density at radius 2 is 2.30 bits per heavy atom. The van der Waals surface area contributed by atoms with Crippen molar-refractivity contribution in [3.05, 3.63) is 11.6 Å². The summed E-state index contributed by atoms with van der Waals surface area (Å²) in [6.07, 6.45) is 7.88. The van der Waals surface area contributed by atoms with E-state index in [1.165, 1.54) is 18.4 Å². The SMILES string of the molecule is CC1CC(C(=O)O)CCN1C(=O)NCCC1=CCCC1. The molecule has 0 aromatic heterocycles. The number of carboxylic acid groups (broad SMARTS) is 1. The van der Waals surface area contributed by atoms with Crippen LogP contribution in [0.25, 0.3) is 0 Å². The van der Waals surface area contributed by atoms with Gasteiger partial charge in [-0.25, -0.2) is 4.79 Å². The zero-order valence-electron chi connectivity index (χ0n) is 12.1. The molecule has 1 aliphatic heterocycles. The lowest BCUT2D eigenvalue weighted by Gasteiger charge is -2.36. The number of carbonyl (C=O) groups excluding carboxylic acids is 1. The highest BCUT2D eigenvalue weighted by Crippen LogP contribution is 2.23. The number of nitrogens with one attached hydrogen (secondary N) is 1. The highest BCUT2D eigenvalue weighted by molar-refractivity contribution is 5.75. The molecular weight excluding hydrogens is 256 g/mol. The molecule has 1 heterocycles. The van der Waals surface area contributed by atoms with Gasteiger partial charge in [0, 0.05) is 19.1 Å². The molecule has 2 rings (SSSR count). The molecule has 112 valence electrons. The standard InChI is InChI=1S/C15H24N2O3/c1-11-10-13(14(18)19)7-9-17(11)15(20)16-8-6-12-4-2-3-5-12/h4,11,13H,2-3,5-10H2,1H3,(H,16,20)(H,18,19). The Morgan fingerprint density at radius 1 is 1.50 bits per heavy atom. The zero-order chi connectivity index (χ0) is 14.5. The maximum absolute atomic E-state index is 12.1. The molecule has 2 unspecified atom stereocenters. The van der Waals surface area contributed by atoms with Crippen LogP contribution >= 0.6 is 0 Å². The molecular formula is C15H24N2O3. The predicted octanol–water partition coefficient (Wildman–Crippen LogP) is 2.38. The fourth-order valence-corrected chi connectivity index (χ4v) is 3.09. The van der Waals surface area contributed by atoms with Gasteiger partial charge < -0.3 is 15.3 Å². The lowest BCUT2D eigenvalue weighted by Crippen LogP contribution is -2.50. The van der Waals surface area contributed by atoms with Crippen LogP contribution in [0.1, 0.15) is 45.4 Å². The number of likely N-dealkylation sites (tertiary alicyclic amines) is 1. The largest absolute Gasteiger partial charge is 0.481 e. The van der Waals surface area contributed by atoms with Gasteiger partial charge in [0.2, 0.25) is 0 Å². The van der Waals surface area contributed by atoms with Crippen LogP contribution in [0.5, 0.6) is 0 Å². The van der Waals surface area contributed by atoms with Crippen molar-refractivity contribution in [1.82, 2.24) is 10.2 Å². The van der Waals surface area contributed by atoms with E-state index in [9.17, 15) is 9.59 Å². The lowest BCUT2D eigenvalue weighted by molar-refractivity contribution is -0.143. The van der Waals surface area contributed by atoms with Gasteiger partial charge in [0.05, 0.1) is 5.92 Å². The van der Waals surface area contributed by atoms with Crippen molar-refractivity contribution in [2.75, 3.05) is 13.1 Å². The molecule has 2 amide bonds. The Hall–Kier alpha value is -1.52. The first-order chi connectivity index (χ1) is 9.58. The topological polar surface area (TPSA) is 69.6 Å². The van der Waals surface area contributed by atoms with Gasteiger partial charge >= 0.3 is 12.0 Å². The third-order valence-electron chi connectivity index (χ3n) is 4.34. The van der Waals surface area contributed by atoms with Gasteiger partial charge in [-0.2, -0.15) is 0 Å². The summed E-state index contributed by atoms with van der Waals surface area (Å²) in [6.45, 7) is 3.14. The van der Waals surface area contributed by atoms with Gasteiger partial charge in [0.1, 0.15) is 0 Å². The van der Waals surface area contributed by atoms with E-state index in [-0.39, 0.29) is 18.0 Å². The van der Waals surface area contributed by atoms with Crippen LogP contribution in [0.4, 0.5) is 4.79 Å². The Balaban J connectivity index is 1.73. The van der Waals surface area contributed by atoms with Gasteiger partial charge in [-0.1, -0.05) is 11.6 Å². The van der Waals surface area contributed by atoms with Gasteiger partial charge in [-0.15, -0.1) is 0 Å². The van der Waals surface area contributed by atoms with Crippen LogP contribution in [0.3, 0.4) is 0 Å². The molecule has 0 spiro atoms. The number of rotatable bonds is 4. The minimum Gasteiger partial charge on any atom is -0.481 e. The summed E-state index contributed by atoms with van der Waals surface area (Å²) in [5, 5.41) is 12.0. The number of hydrogen-bond donors (Lipinski definition) is 2. The summed E-state index contributed by atoms with van der Waals surface area (Å²) in [5.41, 5.74) is 1.45. The summed E-state index contributed by atoms with van der Waals surface area (Å²) in [5.74, 6) is -1.05. The van der Waals surface area contributed by atoms with Crippen LogP contribution in [0.15, 0.2) is 11.6 Å². The van der Waals surface area contributed by atoms with Crippen molar-refractivity contribution in [2.45, 2.75) is 51.5 Å². The van der Waals surface area contributed by atoms with Crippen LogP contribution in [0.2, 0.25) is 0 Å². The number of piperidine rings is 1. The second-order valence-corrected chi connectivity index (χ2v) is 5.84. The third kappa shape index (κ3) is 3.74. The summed E-state index contributed by atoms with van der Waals surface area (Å²) in [4.78, 5) is 24.8. The number of carboxylic acids is 1. The maximum Gasteiger partial charge on any atom is 0.317 e. The average molecular weight is 280 g/mol. The molecule has 1 aliphatic carbocycles. The Kier molecular flexibility index (Phi) is 5.04. The summed E-state index contributed by atoms with van der Waals surface area (Å²) in [7, 11) is 0. The molecule has 0 aromatic rings. The van der Waals surface area contributed by atoms with E-state index < -0.39 is 5.97 Å². The van der Waals surface area contributed by atoms with Crippen LogP contribution in [-0.2, 0) is 4.79 Å². The molecule has 2 N–H and O–H groups in total. The molecule has 0 saturated carbocycles. The highest BCUT2D eigenvalue weighted by atomic mass is 16.4. The van der Waals surface area contributed by atoms with E-state index >= 15 is 0 Å². The minimum absolute atomic E-state index is 0.00412. The van der Waals surface area contributed by atoms with Crippen molar-refractivity contribution in [1.29, 1.82) is 0 Å². The quantitative estimate of drug-likeness (QED) is 0.777. The van der Waals surface area contributed by atoms with Crippen LogP contribution < -0.4 is 5.32 Å². The summed E-state index contributed by atoms with van der Waals surface area (Å²) >= 11 is 0. The summed E-state index contributed by atoms with van der Waals surface area (Å²) in [6, 6.07) is -0.0597. The van der Waals surface area contributed by atoms with Crippen molar-refractivity contribution >= 4 is 12.0 Å². The van der Waals surface area contributed by atoms with E-state index in [4.69, 9.17) is 5.11 Å². The molecule has 0 bridgehead atoms. The lowest BCUT2D eigenvalue weighted by atomic mass is 9.92. The second kappa shape index (κ2) is 6.77. The first kappa shape index (κ1) is 14.9. The zero-order valence-corrected chi connectivity index (χ0v) is 12.1. The average Bonchev–Trinajstić information content (AvgIpc) is 2.91. The number of allylic oxidation sites excluding steroid dienone is 1. The van der Waals surface area contributed by atoms with Gasteiger partial charge in [-0.05, 0) is 45.4 Å². The molecule has 1 fully saturated rings. The number of carbonyl (C=O) groups is 2. The fourth-order valence-electron chi connectivity index (χ4n) is 3.09. The number of amides is 2. The minimum atomic E-state index is -0.745.